The van der Waals surface area contributed by atoms with Crippen LogP contribution < -0.4 is 4.90 Å². The van der Waals surface area contributed by atoms with Crippen LogP contribution in [0.5, 0.6) is 0 Å². The molecule has 1 aromatic rings. The second-order valence-electron chi connectivity index (χ2n) is 4.99. The lowest BCUT2D eigenvalue weighted by Crippen LogP contribution is -2.40. The molecule has 0 bridgehead atoms. The molecular formula is C12H18ClN3O2S. The smallest absolute Gasteiger partial charge is 0.153 e. The summed E-state index contributed by atoms with van der Waals surface area (Å²) in [5.74, 6) is 1.68. The number of hydrogen-bond acceptors (Lipinski definition) is 5. The third-order valence-corrected chi connectivity index (χ3v) is 5.05. The minimum atomic E-state index is -2.88. The maximum atomic E-state index is 11.4. The number of hydrogen-bond donors (Lipinski definition) is 0. The lowest BCUT2D eigenvalue weighted by atomic mass is 10.2. The van der Waals surface area contributed by atoms with Gasteiger partial charge >= 0.3 is 0 Å². The van der Waals surface area contributed by atoms with E-state index in [1.807, 2.05) is 18.7 Å². The zero-order valence-electron chi connectivity index (χ0n) is 11.1. The summed E-state index contributed by atoms with van der Waals surface area (Å²) in [6.07, 6.45) is 1.76. The van der Waals surface area contributed by atoms with Gasteiger partial charge in [0.1, 0.15) is 5.82 Å². The van der Waals surface area contributed by atoms with Crippen molar-refractivity contribution < 1.29 is 8.42 Å². The van der Waals surface area contributed by atoms with Crippen LogP contribution in [-0.4, -0.2) is 43.0 Å². The largest absolute Gasteiger partial charge is 0.367 e. The molecule has 0 radical (unpaired) electrons. The van der Waals surface area contributed by atoms with Gasteiger partial charge < -0.3 is 4.90 Å². The molecule has 0 unspecified atom stereocenters. The van der Waals surface area contributed by atoms with Crippen molar-refractivity contribution in [2.45, 2.75) is 25.6 Å². The maximum absolute atomic E-state index is 11.4. The van der Waals surface area contributed by atoms with Crippen molar-refractivity contribution in [3.8, 4) is 0 Å². The van der Waals surface area contributed by atoms with E-state index in [9.17, 15) is 8.42 Å². The molecule has 1 aliphatic rings. The van der Waals surface area contributed by atoms with Crippen LogP contribution in [0.25, 0.3) is 0 Å². The number of rotatable bonds is 3. The molecule has 0 aliphatic carbocycles. The minimum Gasteiger partial charge on any atom is -0.367 e. The van der Waals surface area contributed by atoms with Crippen LogP contribution in [-0.2, 0) is 15.7 Å². The van der Waals surface area contributed by atoms with E-state index < -0.39 is 9.84 Å². The molecule has 19 heavy (non-hydrogen) atoms. The Morgan fingerprint density at radius 1 is 1.37 bits per heavy atom. The molecule has 1 fully saturated rings. The van der Waals surface area contributed by atoms with Crippen molar-refractivity contribution in [2.75, 3.05) is 29.5 Å². The molecule has 1 saturated heterocycles. The third-order valence-electron chi connectivity index (χ3n) is 3.19. The molecule has 0 N–H and O–H groups in total. The quantitative estimate of drug-likeness (QED) is 0.793. The highest BCUT2D eigenvalue weighted by Crippen LogP contribution is 2.23. The van der Waals surface area contributed by atoms with Gasteiger partial charge in [-0.25, -0.2) is 18.4 Å². The Kier molecular flexibility index (Phi) is 4.30. The molecule has 1 aromatic heterocycles. The standard InChI is InChI=1S/C12H18ClN3O2S/c1-9(2)12-14-8-11(10(7-13)15-12)16-3-5-19(17,18)6-4-16/h8-9H,3-7H2,1-2H3. The van der Waals surface area contributed by atoms with Crippen LogP contribution in [0.1, 0.15) is 31.3 Å². The molecule has 5 nitrogen and oxygen atoms in total. The number of sulfone groups is 1. The molecule has 0 saturated carbocycles. The fraction of sp³-hybridized carbons (Fsp3) is 0.667. The van der Waals surface area contributed by atoms with Gasteiger partial charge in [0.25, 0.3) is 0 Å². The first-order valence-electron chi connectivity index (χ1n) is 6.30. The fourth-order valence-corrected chi connectivity index (χ4v) is 3.42. The fourth-order valence-electron chi connectivity index (χ4n) is 2.02. The van der Waals surface area contributed by atoms with Gasteiger partial charge in [0.15, 0.2) is 9.84 Å². The van der Waals surface area contributed by atoms with Crippen LogP contribution >= 0.6 is 11.6 Å². The number of nitrogens with zero attached hydrogens (tertiary/aromatic N) is 3. The summed E-state index contributed by atoms with van der Waals surface area (Å²) in [5.41, 5.74) is 1.63. The van der Waals surface area contributed by atoms with E-state index in [2.05, 4.69) is 9.97 Å². The molecular weight excluding hydrogens is 286 g/mol. The molecule has 1 aliphatic heterocycles. The van der Waals surface area contributed by atoms with Gasteiger partial charge in [-0.05, 0) is 0 Å². The normalized spacial score (nSPS) is 18.8. The Morgan fingerprint density at radius 3 is 2.53 bits per heavy atom. The van der Waals surface area contributed by atoms with Gasteiger partial charge in [0.05, 0.1) is 35.0 Å². The number of alkyl halides is 1. The summed E-state index contributed by atoms with van der Waals surface area (Å²) in [6, 6.07) is 0. The summed E-state index contributed by atoms with van der Waals surface area (Å²) in [5, 5.41) is 0. The third kappa shape index (κ3) is 3.36. The van der Waals surface area contributed by atoms with E-state index in [1.165, 1.54) is 0 Å². The van der Waals surface area contributed by atoms with Crippen molar-refractivity contribution in [3.05, 3.63) is 17.7 Å². The Balaban J connectivity index is 2.25. The van der Waals surface area contributed by atoms with Crippen molar-refractivity contribution in [1.82, 2.24) is 9.97 Å². The average molecular weight is 304 g/mol. The molecule has 0 atom stereocenters. The predicted molar refractivity (Wildman–Crippen MR) is 76.5 cm³/mol. The zero-order valence-corrected chi connectivity index (χ0v) is 12.7. The van der Waals surface area contributed by atoms with Gasteiger partial charge in [-0.2, -0.15) is 0 Å². The lowest BCUT2D eigenvalue weighted by Gasteiger charge is -2.29. The van der Waals surface area contributed by atoms with Crippen LogP contribution in [0.3, 0.4) is 0 Å². The molecule has 0 amide bonds. The molecule has 106 valence electrons. The minimum absolute atomic E-state index is 0.181. The summed E-state index contributed by atoms with van der Waals surface area (Å²) >= 11 is 5.95. The maximum Gasteiger partial charge on any atom is 0.153 e. The van der Waals surface area contributed by atoms with Gasteiger partial charge in [0.2, 0.25) is 0 Å². The van der Waals surface area contributed by atoms with Crippen LogP contribution in [0.15, 0.2) is 6.20 Å². The summed E-state index contributed by atoms with van der Waals surface area (Å²) in [4.78, 5) is 10.8. The Hall–Kier alpha value is -0.880. The molecule has 0 aromatic carbocycles. The molecule has 2 rings (SSSR count). The van der Waals surface area contributed by atoms with Crippen molar-refractivity contribution in [1.29, 1.82) is 0 Å². The summed E-state index contributed by atoms with van der Waals surface area (Å²) < 4.78 is 22.9. The van der Waals surface area contributed by atoms with E-state index in [-0.39, 0.29) is 17.4 Å². The Morgan fingerprint density at radius 2 is 2.00 bits per heavy atom. The van der Waals surface area contributed by atoms with E-state index in [0.717, 1.165) is 17.2 Å². The zero-order chi connectivity index (χ0) is 14.0. The van der Waals surface area contributed by atoms with Crippen molar-refractivity contribution in [3.63, 3.8) is 0 Å². The van der Waals surface area contributed by atoms with Crippen LogP contribution in [0.2, 0.25) is 0 Å². The van der Waals surface area contributed by atoms with Crippen LogP contribution in [0.4, 0.5) is 5.69 Å². The second-order valence-corrected chi connectivity index (χ2v) is 7.56. The first kappa shape index (κ1) is 14.5. The van der Waals surface area contributed by atoms with Gasteiger partial charge in [-0.3, -0.25) is 0 Å². The van der Waals surface area contributed by atoms with E-state index in [4.69, 9.17) is 11.6 Å². The summed E-state index contributed by atoms with van der Waals surface area (Å²) in [6.45, 7) is 5.02. The highest BCUT2D eigenvalue weighted by atomic mass is 35.5. The van der Waals surface area contributed by atoms with Gasteiger partial charge in [-0.1, -0.05) is 13.8 Å². The monoisotopic (exact) mass is 303 g/mol. The van der Waals surface area contributed by atoms with Crippen LogP contribution in [0, 0.1) is 0 Å². The number of halogens is 1. The van der Waals surface area contributed by atoms with Gasteiger partial charge in [0, 0.05) is 19.0 Å². The highest BCUT2D eigenvalue weighted by Gasteiger charge is 2.24. The topological polar surface area (TPSA) is 63.2 Å². The Labute approximate surface area is 118 Å². The lowest BCUT2D eigenvalue weighted by molar-refractivity contribution is 0.586. The first-order chi connectivity index (χ1) is 8.93. The number of anilines is 1. The second kappa shape index (κ2) is 5.63. The number of aromatic nitrogens is 2. The Bertz CT molecular complexity index is 546. The van der Waals surface area contributed by atoms with Crippen molar-refractivity contribution in [2.24, 2.45) is 0 Å². The molecule has 0 spiro atoms. The van der Waals surface area contributed by atoms with Crippen molar-refractivity contribution >= 4 is 27.1 Å². The SMILES string of the molecule is CC(C)c1ncc(N2CCS(=O)(=O)CC2)c(CCl)n1. The average Bonchev–Trinajstić information content (AvgIpc) is 2.38. The summed E-state index contributed by atoms with van der Waals surface area (Å²) in [7, 11) is -2.88. The molecule has 2 heterocycles. The first-order valence-corrected chi connectivity index (χ1v) is 8.65. The van der Waals surface area contributed by atoms with E-state index >= 15 is 0 Å². The van der Waals surface area contributed by atoms with E-state index in [1.54, 1.807) is 6.20 Å². The highest BCUT2D eigenvalue weighted by molar-refractivity contribution is 7.91. The predicted octanol–water partition coefficient (Wildman–Crippen LogP) is 1.57. The molecule has 7 heteroatoms. The van der Waals surface area contributed by atoms with E-state index in [0.29, 0.717) is 19.0 Å². The van der Waals surface area contributed by atoms with Gasteiger partial charge in [-0.15, -0.1) is 11.6 Å².